The Morgan fingerprint density at radius 2 is 0.133 bits per heavy atom. The monoisotopic (exact) mass is 1480 g/mol. The molecule has 0 atom stereocenters. The van der Waals surface area contributed by atoms with E-state index in [-0.39, 0.29) is 144 Å². The molecule has 83 heavy (non-hydrogen) atoms. The van der Waals surface area contributed by atoms with Crippen LogP contribution in [0.5, 0.6) is 0 Å². The van der Waals surface area contributed by atoms with Gasteiger partial charge in [0.2, 0.25) is 0 Å². The fourth-order valence-corrected chi connectivity index (χ4v) is 8.16. The Hall–Kier alpha value is 2.86. The van der Waals surface area contributed by atoms with Crippen molar-refractivity contribution in [3.63, 3.8) is 0 Å². The minimum absolute atomic E-state index is 0. The van der Waals surface area contributed by atoms with E-state index in [4.69, 9.17) is 0 Å². The first-order valence-electron chi connectivity index (χ1n) is 28.4. The molecule has 29 heteroatoms. The number of halogens is 2. The Bertz CT molecular complexity index is 842. The number of rotatable bonds is 0. The van der Waals surface area contributed by atoms with Crippen molar-refractivity contribution in [2.45, 2.75) is 0 Å². The maximum absolute atomic E-state index is 2.40. The fraction of sp³-hybridized carbons (Fsp3) is 1.00. The molecule has 0 unspecified atom stereocenters. The first-order chi connectivity index (χ1) is 34.1. The van der Waals surface area contributed by atoms with Gasteiger partial charge in [-0.25, -0.2) is 0 Å². The Kier molecular flexibility index (Phi) is 92.0. The van der Waals surface area contributed by atoms with Gasteiger partial charge in [-0.15, -0.1) is 0 Å². The van der Waals surface area contributed by atoms with Crippen LogP contribution >= 0.6 is 0 Å². The van der Waals surface area contributed by atoms with Gasteiger partial charge in [-0.05, 0) is 127 Å². The summed E-state index contributed by atoms with van der Waals surface area (Å²) in [5.74, 6) is 0. The van der Waals surface area contributed by atoms with E-state index in [2.05, 4.69) is 215 Å². The summed E-state index contributed by atoms with van der Waals surface area (Å²) in [6.45, 7) is 43.2. The second-order valence-electron chi connectivity index (χ2n) is 23.5. The average Bonchev–Trinajstić information content (AvgIpc) is 3.63. The van der Waals surface area contributed by atoms with Gasteiger partial charge in [0.05, 0.1) is 0 Å². The Labute approximate surface area is 589 Å². The van der Waals surface area contributed by atoms with Crippen molar-refractivity contribution in [3.8, 4) is 0 Å². The second kappa shape index (κ2) is 69.2. The zero-order chi connectivity index (χ0) is 53.8. The van der Waals surface area contributed by atoms with E-state index in [1.54, 1.807) is 0 Å². The zero-order valence-electron chi connectivity index (χ0n) is 56.0. The van der Waals surface area contributed by atoms with Crippen LogP contribution in [0.4, 0.5) is 0 Å². The van der Waals surface area contributed by atoms with Crippen molar-refractivity contribution in [1.29, 1.82) is 0 Å². The van der Waals surface area contributed by atoms with Gasteiger partial charge >= 0.3 is 0 Å². The molecular formula is C54H132Cl2Mn6N18O3-2. The molecule has 514 valence electrons. The van der Waals surface area contributed by atoms with E-state index in [0.717, 1.165) is 0 Å². The van der Waals surface area contributed by atoms with Gasteiger partial charge in [0.15, 0.2) is 0 Å². The van der Waals surface area contributed by atoms with E-state index in [9.17, 15) is 0 Å². The average molecular weight is 1480 g/mol. The molecule has 6 heterocycles. The summed E-state index contributed by atoms with van der Waals surface area (Å²) in [5, 5.41) is 0. The zero-order valence-corrected chi connectivity index (χ0v) is 64.6. The standard InChI is InChI=1S/6C9H21N3.2ClH.6Mn.3H2O/c6*1-10-4-6-11(2)8-9-12(3)7-5-10;;;;;;;;;;;/h6*4-9H2,1-3H3;2*1H;;;;;;;3*1H2/p-2. The second-order valence-corrected chi connectivity index (χ2v) is 23.5. The molecule has 6 N–H and O–H groups in total. The van der Waals surface area contributed by atoms with Gasteiger partial charge < -0.3 is 129 Å². The van der Waals surface area contributed by atoms with Crippen LogP contribution in [-0.2, 0) is 102 Å². The Balaban J connectivity index is -0.0000000811. The molecule has 6 aliphatic rings. The topological polar surface area (TPSA) is 153 Å². The summed E-state index contributed by atoms with van der Waals surface area (Å²) in [4.78, 5) is 43.2. The first kappa shape index (κ1) is 110. The Morgan fingerprint density at radius 1 is 0.108 bits per heavy atom. The Morgan fingerprint density at radius 3 is 0.157 bits per heavy atom. The smallest absolute Gasteiger partial charge is 0.0107 e. The van der Waals surface area contributed by atoms with Crippen molar-refractivity contribution in [2.24, 2.45) is 0 Å². The SMILES string of the molecule is CN1CCN(C)CCN(C)CC1.CN1CCN(C)CCN(C)CC1.CN1CCN(C)CCN(C)CC1.CN1CCN(C)CCN(C)CC1.CN1CCN(C)CCN(C)CC1.CN1CCN(C)CCN(C)CC1.O.O.O.[Cl-].[Cl-].[Mn].[Mn].[Mn].[Mn].[Mn].[Mn]. The van der Waals surface area contributed by atoms with E-state index < -0.39 is 0 Å². The normalized spacial score (nSPS) is 22.8. The number of likely N-dealkylation sites (N-methyl/N-ethyl adjacent to an activating group) is 18. The molecule has 6 radical (unpaired) electrons. The molecule has 21 nitrogen and oxygen atoms in total. The fourth-order valence-electron chi connectivity index (χ4n) is 8.16. The van der Waals surface area contributed by atoms with Gasteiger partial charge in [-0.2, -0.15) is 0 Å². The summed E-state index contributed by atoms with van der Waals surface area (Å²) < 4.78 is 0. The van der Waals surface area contributed by atoms with Gasteiger partial charge in [0.25, 0.3) is 0 Å². The minimum atomic E-state index is 0. The molecule has 6 rings (SSSR count). The molecule has 0 aromatic carbocycles. The number of nitrogens with zero attached hydrogens (tertiary/aromatic N) is 18. The molecule has 6 saturated heterocycles. The van der Waals surface area contributed by atoms with E-state index in [1.807, 2.05) is 0 Å². The number of hydrogen-bond acceptors (Lipinski definition) is 18. The minimum Gasteiger partial charge on any atom is -1.00 e. The molecule has 0 amide bonds. The van der Waals surface area contributed by atoms with Crippen LogP contribution in [0.15, 0.2) is 0 Å². The first-order valence-corrected chi connectivity index (χ1v) is 28.4. The summed E-state index contributed by atoms with van der Waals surface area (Å²) in [5.41, 5.74) is 0. The molecule has 6 aliphatic heterocycles. The largest absolute Gasteiger partial charge is 1.00 e. The predicted octanol–water partition coefficient (Wildman–Crippen LogP) is -9.71. The van der Waals surface area contributed by atoms with Crippen LogP contribution in [0.3, 0.4) is 0 Å². The maximum atomic E-state index is 2.40. The van der Waals surface area contributed by atoms with E-state index in [0.29, 0.717) is 0 Å². The molecule has 0 spiro atoms. The van der Waals surface area contributed by atoms with Crippen LogP contribution < -0.4 is 24.8 Å². The van der Waals surface area contributed by atoms with Gasteiger partial charge in [0.1, 0.15) is 0 Å². The predicted molar refractivity (Wildman–Crippen MR) is 326 cm³/mol. The molecule has 0 bridgehead atoms. The third-order valence-corrected chi connectivity index (χ3v) is 15.5. The molecule has 0 aromatic rings. The van der Waals surface area contributed by atoms with Crippen LogP contribution in [0, 0.1) is 0 Å². The quantitative estimate of drug-likeness (QED) is 0.211. The van der Waals surface area contributed by atoms with Crippen molar-refractivity contribution >= 4 is 0 Å². The molecule has 6 fully saturated rings. The van der Waals surface area contributed by atoms with Crippen molar-refractivity contribution in [2.75, 3.05) is 362 Å². The molecule has 0 aliphatic carbocycles. The van der Waals surface area contributed by atoms with Crippen LogP contribution in [-0.4, -0.2) is 467 Å². The van der Waals surface area contributed by atoms with Crippen LogP contribution in [0.2, 0.25) is 0 Å². The maximum Gasteiger partial charge on any atom is 0.0107 e. The van der Waals surface area contributed by atoms with Gasteiger partial charge in [-0.3, -0.25) is 0 Å². The summed E-state index contributed by atoms with van der Waals surface area (Å²) >= 11 is 0. The van der Waals surface area contributed by atoms with Crippen LogP contribution in [0.25, 0.3) is 0 Å². The van der Waals surface area contributed by atoms with E-state index in [1.165, 1.54) is 236 Å². The van der Waals surface area contributed by atoms with E-state index >= 15 is 0 Å². The third-order valence-electron chi connectivity index (χ3n) is 15.5. The van der Waals surface area contributed by atoms with Crippen molar-refractivity contribution in [1.82, 2.24) is 88.2 Å². The molecule has 0 aromatic heterocycles. The van der Waals surface area contributed by atoms with Crippen molar-refractivity contribution < 1.29 is 144 Å². The van der Waals surface area contributed by atoms with Crippen molar-refractivity contribution in [3.05, 3.63) is 0 Å². The summed E-state index contributed by atoms with van der Waals surface area (Å²) in [6.07, 6.45) is 0. The van der Waals surface area contributed by atoms with Gasteiger partial charge in [-0.1, -0.05) is 0 Å². The molecular weight excluding hydrogens is 1350 g/mol. The third kappa shape index (κ3) is 67.6. The van der Waals surface area contributed by atoms with Crippen LogP contribution in [0.1, 0.15) is 0 Å². The number of hydrogen-bond donors (Lipinski definition) is 0. The van der Waals surface area contributed by atoms with Gasteiger partial charge in [0, 0.05) is 338 Å². The summed E-state index contributed by atoms with van der Waals surface area (Å²) in [6, 6.07) is 0. The summed E-state index contributed by atoms with van der Waals surface area (Å²) in [7, 11) is 39.6. The molecule has 0 saturated carbocycles.